The molecule has 0 unspecified atom stereocenters. The van der Waals surface area contributed by atoms with Gasteiger partial charge < -0.3 is 4.74 Å². The third kappa shape index (κ3) is 2.67. The van der Waals surface area contributed by atoms with Crippen LogP contribution in [0.25, 0.3) is 11.3 Å². The van der Waals surface area contributed by atoms with Crippen LogP contribution < -0.4 is 0 Å². The first kappa shape index (κ1) is 12.7. The molecule has 1 fully saturated rings. The van der Waals surface area contributed by atoms with Crippen molar-refractivity contribution in [2.75, 3.05) is 26.3 Å². The maximum Gasteiger partial charge on any atom is 0.136 e. The summed E-state index contributed by atoms with van der Waals surface area (Å²) in [5, 5.41) is 17.8. The van der Waals surface area contributed by atoms with E-state index in [1.165, 1.54) is 0 Å². The Morgan fingerprint density at radius 1 is 1.35 bits per heavy atom. The Morgan fingerprint density at radius 2 is 2.20 bits per heavy atom. The second kappa shape index (κ2) is 5.79. The molecule has 0 radical (unpaired) electrons. The van der Waals surface area contributed by atoms with Crippen molar-refractivity contribution >= 4 is 5.69 Å². The topological polar surface area (TPSA) is 78.8 Å². The van der Waals surface area contributed by atoms with Crippen LogP contribution in [0.1, 0.15) is 5.69 Å². The van der Waals surface area contributed by atoms with E-state index in [0.29, 0.717) is 13.2 Å². The Morgan fingerprint density at radius 3 is 2.95 bits per heavy atom. The lowest BCUT2D eigenvalue weighted by atomic mass is 10.2. The summed E-state index contributed by atoms with van der Waals surface area (Å²) in [6.07, 6.45) is 3.50. The van der Waals surface area contributed by atoms with Gasteiger partial charge in [0.15, 0.2) is 0 Å². The number of hydrogen-bond donors (Lipinski definition) is 1. The molecule has 0 spiro atoms. The van der Waals surface area contributed by atoms with Gasteiger partial charge in [-0.2, -0.15) is 5.10 Å². The van der Waals surface area contributed by atoms with Gasteiger partial charge in [0.1, 0.15) is 11.4 Å². The number of ether oxygens (including phenoxy) is 1. The maximum absolute atomic E-state index is 5.28. The first-order valence-electron chi connectivity index (χ1n) is 6.54. The van der Waals surface area contributed by atoms with Crippen LogP contribution in [-0.2, 0) is 4.74 Å². The highest BCUT2D eigenvalue weighted by molar-refractivity contribution is 5.72. The zero-order chi connectivity index (χ0) is 13.8. The second-order valence-electron chi connectivity index (χ2n) is 4.54. The van der Waals surface area contributed by atoms with E-state index in [9.17, 15) is 0 Å². The van der Waals surface area contributed by atoms with E-state index in [-0.39, 0.29) is 0 Å². The van der Waals surface area contributed by atoms with Gasteiger partial charge in [-0.25, -0.2) is 0 Å². The van der Waals surface area contributed by atoms with Crippen LogP contribution in [0, 0.1) is 6.92 Å². The van der Waals surface area contributed by atoms with E-state index in [4.69, 9.17) is 4.74 Å². The smallest absolute Gasteiger partial charge is 0.136 e. The van der Waals surface area contributed by atoms with Crippen molar-refractivity contribution in [2.45, 2.75) is 6.92 Å². The molecule has 0 amide bonds. The van der Waals surface area contributed by atoms with Crippen LogP contribution in [0.15, 0.2) is 34.9 Å². The molecule has 3 heterocycles. The van der Waals surface area contributed by atoms with Crippen molar-refractivity contribution < 1.29 is 4.74 Å². The monoisotopic (exact) mass is 272 g/mol. The van der Waals surface area contributed by atoms with E-state index >= 15 is 0 Å². The van der Waals surface area contributed by atoms with Gasteiger partial charge >= 0.3 is 0 Å². The summed E-state index contributed by atoms with van der Waals surface area (Å²) in [7, 11) is 0. The van der Waals surface area contributed by atoms with E-state index in [1.807, 2.05) is 24.1 Å². The molecule has 7 nitrogen and oxygen atoms in total. The number of rotatable bonds is 3. The first-order chi connectivity index (χ1) is 9.84. The Kier molecular flexibility index (Phi) is 3.69. The molecule has 104 valence electrons. The minimum absolute atomic E-state index is 0.693. The van der Waals surface area contributed by atoms with Gasteiger partial charge in [-0.3, -0.25) is 15.1 Å². The lowest BCUT2D eigenvalue weighted by molar-refractivity contribution is 0.0354. The van der Waals surface area contributed by atoms with E-state index < -0.39 is 0 Å². The van der Waals surface area contributed by atoms with Gasteiger partial charge in [-0.1, -0.05) is 5.22 Å². The van der Waals surface area contributed by atoms with Crippen molar-refractivity contribution in [1.82, 2.24) is 20.2 Å². The number of hydrogen-bond acceptors (Lipinski definition) is 5. The normalized spacial score (nSPS) is 15.9. The van der Waals surface area contributed by atoms with Gasteiger partial charge in [-0.15, -0.1) is 5.11 Å². The van der Waals surface area contributed by atoms with Crippen molar-refractivity contribution in [3.8, 4) is 11.3 Å². The zero-order valence-electron chi connectivity index (χ0n) is 11.3. The lowest BCUT2D eigenvalue weighted by Crippen LogP contribution is -2.31. The zero-order valence-corrected chi connectivity index (χ0v) is 11.3. The third-order valence-electron chi connectivity index (χ3n) is 3.11. The van der Waals surface area contributed by atoms with Gasteiger partial charge in [0.25, 0.3) is 0 Å². The van der Waals surface area contributed by atoms with Crippen LogP contribution in [-0.4, -0.2) is 46.5 Å². The van der Waals surface area contributed by atoms with Gasteiger partial charge in [0, 0.05) is 18.0 Å². The van der Waals surface area contributed by atoms with E-state index in [2.05, 4.69) is 25.5 Å². The van der Waals surface area contributed by atoms with E-state index in [1.54, 1.807) is 12.4 Å². The summed E-state index contributed by atoms with van der Waals surface area (Å²) in [5.74, 6) is 0. The van der Waals surface area contributed by atoms with Crippen molar-refractivity contribution in [2.24, 2.45) is 10.3 Å². The third-order valence-corrected chi connectivity index (χ3v) is 3.11. The molecule has 0 atom stereocenters. The molecule has 0 aliphatic carbocycles. The number of morpholine rings is 1. The predicted octanol–water partition coefficient (Wildman–Crippen LogP) is 2.11. The number of aromatic nitrogens is 3. The molecule has 0 saturated carbocycles. The number of nitrogens with zero attached hydrogens (tertiary/aromatic N) is 5. The molecular weight excluding hydrogens is 256 g/mol. The average Bonchev–Trinajstić information content (AvgIpc) is 2.88. The number of aromatic amines is 1. The van der Waals surface area contributed by atoms with Gasteiger partial charge in [-0.05, 0) is 19.1 Å². The van der Waals surface area contributed by atoms with E-state index in [0.717, 1.165) is 35.7 Å². The Hall–Kier alpha value is -2.28. The Balaban J connectivity index is 1.86. The largest absolute Gasteiger partial charge is 0.378 e. The molecule has 3 rings (SSSR count). The van der Waals surface area contributed by atoms with Crippen molar-refractivity contribution in [1.29, 1.82) is 0 Å². The standard InChI is InChI=1S/C13H16N6O/c1-10-12(17-18-19-5-7-20-8-6-19)13(16-15-10)11-3-2-4-14-9-11/h2-4,9H,5-8H2,1H3,(H,15,16). The second-order valence-corrected chi connectivity index (χ2v) is 4.54. The van der Waals surface area contributed by atoms with Crippen molar-refractivity contribution in [3.05, 3.63) is 30.2 Å². The summed E-state index contributed by atoms with van der Waals surface area (Å²) >= 11 is 0. The molecule has 1 aliphatic rings. The fourth-order valence-corrected chi connectivity index (χ4v) is 2.00. The SMILES string of the molecule is Cc1[nH]nc(-c2cccnc2)c1N=NN1CCOCC1. The number of H-pyrrole nitrogens is 1. The van der Waals surface area contributed by atoms with Crippen LogP contribution in [0.4, 0.5) is 5.69 Å². The van der Waals surface area contributed by atoms with Crippen LogP contribution in [0.5, 0.6) is 0 Å². The minimum Gasteiger partial charge on any atom is -0.378 e. The number of aryl methyl sites for hydroxylation is 1. The molecule has 1 aliphatic heterocycles. The molecule has 2 aromatic heterocycles. The highest BCUT2D eigenvalue weighted by Crippen LogP contribution is 2.30. The molecular formula is C13H16N6O. The molecule has 1 saturated heterocycles. The van der Waals surface area contributed by atoms with Gasteiger partial charge in [0.2, 0.25) is 0 Å². The van der Waals surface area contributed by atoms with Crippen LogP contribution in [0.3, 0.4) is 0 Å². The lowest BCUT2D eigenvalue weighted by Gasteiger charge is -2.22. The molecule has 2 aromatic rings. The number of nitrogens with one attached hydrogen (secondary N) is 1. The number of pyridine rings is 1. The fraction of sp³-hybridized carbons (Fsp3) is 0.385. The quantitative estimate of drug-likeness (QED) is 0.868. The average molecular weight is 272 g/mol. The maximum atomic E-state index is 5.28. The van der Waals surface area contributed by atoms with Gasteiger partial charge in [0.05, 0.1) is 32.0 Å². The van der Waals surface area contributed by atoms with Crippen LogP contribution >= 0.6 is 0 Å². The highest BCUT2D eigenvalue weighted by atomic mass is 16.5. The Labute approximate surface area is 116 Å². The summed E-state index contributed by atoms with van der Waals surface area (Å²) in [6.45, 7) is 4.85. The highest BCUT2D eigenvalue weighted by Gasteiger charge is 2.13. The fourth-order valence-electron chi connectivity index (χ4n) is 2.00. The molecule has 7 heteroatoms. The van der Waals surface area contributed by atoms with Crippen molar-refractivity contribution in [3.63, 3.8) is 0 Å². The molecule has 1 N–H and O–H groups in total. The predicted molar refractivity (Wildman–Crippen MR) is 73.5 cm³/mol. The summed E-state index contributed by atoms with van der Waals surface area (Å²) in [5.41, 5.74) is 3.34. The molecule has 0 aromatic carbocycles. The Bertz CT molecular complexity index is 588. The van der Waals surface area contributed by atoms with Crippen LogP contribution in [0.2, 0.25) is 0 Å². The summed E-state index contributed by atoms with van der Waals surface area (Å²) in [6, 6.07) is 3.83. The molecule has 0 bridgehead atoms. The molecule has 20 heavy (non-hydrogen) atoms. The summed E-state index contributed by atoms with van der Waals surface area (Å²) in [4.78, 5) is 4.11. The minimum atomic E-state index is 0.693. The summed E-state index contributed by atoms with van der Waals surface area (Å²) < 4.78 is 5.28. The first-order valence-corrected chi connectivity index (χ1v) is 6.54.